The third kappa shape index (κ3) is 2.60. The lowest BCUT2D eigenvalue weighted by molar-refractivity contribution is -0.117. The SMILES string of the molecule is COc1ccc(N2C(=O)CC[C@@]2(C#N)c2ccc(Br)cc2)cc1. The summed E-state index contributed by atoms with van der Waals surface area (Å²) < 4.78 is 6.10. The molecule has 1 fully saturated rings. The number of hydrogen-bond acceptors (Lipinski definition) is 3. The first-order chi connectivity index (χ1) is 11.1. The van der Waals surface area contributed by atoms with E-state index in [1.807, 2.05) is 36.4 Å². The van der Waals surface area contributed by atoms with Crippen molar-refractivity contribution in [1.29, 1.82) is 5.26 Å². The van der Waals surface area contributed by atoms with Gasteiger partial charge < -0.3 is 4.74 Å². The van der Waals surface area contributed by atoms with E-state index >= 15 is 0 Å². The second kappa shape index (κ2) is 6.05. The van der Waals surface area contributed by atoms with E-state index in [1.165, 1.54) is 0 Å². The maximum atomic E-state index is 12.5. The first-order valence-corrected chi connectivity index (χ1v) is 8.04. The van der Waals surface area contributed by atoms with Gasteiger partial charge in [-0.15, -0.1) is 0 Å². The number of carbonyl (C=O) groups excluding carboxylic acids is 1. The van der Waals surface area contributed by atoms with E-state index in [2.05, 4.69) is 22.0 Å². The van der Waals surface area contributed by atoms with Crippen LogP contribution in [0, 0.1) is 11.3 Å². The molecule has 1 atom stereocenters. The molecule has 23 heavy (non-hydrogen) atoms. The highest BCUT2D eigenvalue weighted by Gasteiger charge is 2.48. The average Bonchev–Trinajstić information content (AvgIpc) is 2.93. The van der Waals surface area contributed by atoms with Crippen LogP contribution >= 0.6 is 15.9 Å². The van der Waals surface area contributed by atoms with Crippen LogP contribution in [0.2, 0.25) is 0 Å². The zero-order chi connectivity index (χ0) is 16.4. The number of nitrogens with zero attached hydrogens (tertiary/aromatic N) is 2. The minimum atomic E-state index is -0.966. The fraction of sp³-hybridized carbons (Fsp3) is 0.222. The summed E-state index contributed by atoms with van der Waals surface area (Å²) in [4.78, 5) is 14.1. The smallest absolute Gasteiger partial charge is 0.228 e. The number of methoxy groups -OCH3 is 1. The molecule has 0 N–H and O–H groups in total. The summed E-state index contributed by atoms with van der Waals surface area (Å²) in [6.07, 6.45) is 0.839. The molecule has 0 spiro atoms. The van der Waals surface area contributed by atoms with E-state index < -0.39 is 5.54 Å². The fourth-order valence-electron chi connectivity index (χ4n) is 2.99. The van der Waals surface area contributed by atoms with Crippen molar-refractivity contribution in [2.45, 2.75) is 18.4 Å². The largest absolute Gasteiger partial charge is 0.497 e. The van der Waals surface area contributed by atoms with E-state index in [-0.39, 0.29) is 5.91 Å². The topological polar surface area (TPSA) is 53.3 Å². The van der Waals surface area contributed by atoms with E-state index in [0.717, 1.165) is 10.0 Å². The maximum Gasteiger partial charge on any atom is 0.228 e. The highest BCUT2D eigenvalue weighted by atomic mass is 79.9. The van der Waals surface area contributed by atoms with Crippen molar-refractivity contribution in [3.63, 3.8) is 0 Å². The van der Waals surface area contributed by atoms with Gasteiger partial charge >= 0.3 is 0 Å². The van der Waals surface area contributed by atoms with Gasteiger partial charge in [0.25, 0.3) is 0 Å². The van der Waals surface area contributed by atoms with Gasteiger partial charge in [-0.05, 0) is 48.4 Å². The van der Waals surface area contributed by atoms with E-state index in [9.17, 15) is 10.1 Å². The van der Waals surface area contributed by atoms with Crippen molar-refractivity contribution in [3.8, 4) is 11.8 Å². The first kappa shape index (κ1) is 15.6. The summed E-state index contributed by atoms with van der Waals surface area (Å²) in [5, 5.41) is 9.91. The van der Waals surface area contributed by atoms with Crippen LogP contribution in [0.1, 0.15) is 18.4 Å². The summed E-state index contributed by atoms with van der Waals surface area (Å²) >= 11 is 3.40. The Labute approximate surface area is 143 Å². The van der Waals surface area contributed by atoms with E-state index in [0.29, 0.717) is 24.3 Å². The minimum absolute atomic E-state index is 0.0420. The summed E-state index contributed by atoms with van der Waals surface area (Å²) in [6.45, 7) is 0. The maximum absolute atomic E-state index is 12.5. The summed E-state index contributed by atoms with van der Waals surface area (Å²) in [7, 11) is 1.59. The highest BCUT2D eigenvalue weighted by molar-refractivity contribution is 9.10. The van der Waals surface area contributed by atoms with Gasteiger partial charge in [0.2, 0.25) is 5.91 Å². The van der Waals surface area contributed by atoms with E-state index in [1.54, 1.807) is 24.1 Å². The number of nitriles is 1. The van der Waals surface area contributed by atoms with Crippen molar-refractivity contribution in [1.82, 2.24) is 0 Å². The molecule has 0 saturated carbocycles. The van der Waals surface area contributed by atoms with Crippen molar-refractivity contribution in [3.05, 3.63) is 58.6 Å². The average molecular weight is 371 g/mol. The molecule has 4 nitrogen and oxygen atoms in total. The predicted octanol–water partition coefficient (Wildman–Crippen LogP) is 4.00. The molecule has 0 unspecified atom stereocenters. The molecule has 3 rings (SSSR count). The predicted molar refractivity (Wildman–Crippen MR) is 91.1 cm³/mol. The van der Waals surface area contributed by atoms with Crippen molar-refractivity contribution in [2.24, 2.45) is 0 Å². The standard InChI is InChI=1S/C18H15BrN2O2/c1-23-16-8-6-15(7-9-16)21-17(22)10-11-18(21,12-20)13-2-4-14(19)5-3-13/h2-9H,10-11H2,1H3/t18-/m1/s1. The highest BCUT2D eigenvalue weighted by Crippen LogP contribution is 2.42. The van der Waals surface area contributed by atoms with Crippen LogP contribution in [0.15, 0.2) is 53.0 Å². The second-order valence-corrected chi connectivity index (χ2v) is 6.32. The molecule has 2 aromatic rings. The Morgan fingerprint density at radius 1 is 1.17 bits per heavy atom. The molecule has 0 aromatic heterocycles. The fourth-order valence-corrected chi connectivity index (χ4v) is 3.25. The number of hydrogen-bond donors (Lipinski definition) is 0. The minimum Gasteiger partial charge on any atom is -0.497 e. The second-order valence-electron chi connectivity index (χ2n) is 5.41. The van der Waals surface area contributed by atoms with Crippen molar-refractivity contribution >= 4 is 27.5 Å². The Morgan fingerprint density at radius 3 is 2.39 bits per heavy atom. The van der Waals surface area contributed by atoms with Gasteiger partial charge in [0.05, 0.1) is 13.2 Å². The third-order valence-corrected chi connectivity index (χ3v) is 4.70. The van der Waals surface area contributed by atoms with E-state index in [4.69, 9.17) is 4.74 Å². The van der Waals surface area contributed by atoms with Crippen LogP contribution in [-0.4, -0.2) is 13.0 Å². The molecule has 0 radical (unpaired) electrons. The molecular formula is C18H15BrN2O2. The van der Waals surface area contributed by atoms with Crippen LogP contribution in [0.3, 0.4) is 0 Å². The number of rotatable bonds is 3. The molecule has 1 aliphatic heterocycles. The Hall–Kier alpha value is -2.32. The zero-order valence-corrected chi connectivity index (χ0v) is 14.2. The Bertz CT molecular complexity index is 765. The summed E-state index contributed by atoms with van der Waals surface area (Å²) in [5.41, 5.74) is 0.564. The normalized spacial score (nSPS) is 20.4. The quantitative estimate of drug-likeness (QED) is 0.820. The number of carbonyl (C=O) groups is 1. The number of amides is 1. The van der Waals surface area contributed by atoms with Crippen LogP contribution < -0.4 is 9.64 Å². The van der Waals surface area contributed by atoms with Gasteiger partial charge in [-0.2, -0.15) is 5.26 Å². The molecule has 1 saturated heterocycles. The van der Waals surface area contributed by atoms with Crippen LogP contribution in [0.5, 0.6) is 5.75 Å². The first-order valence-electron chi connectivity index (χ1n) is 7.25. The van der Waals surface area contributed by atoms with Crippen LogP contribution in [0.4, 0.5) is 5.69 Å². The molecular weight excluding hydrogens is 356 g/mol. The lowest BCUT2D eigenvalue weighted by atomic mass is 9.88. The van der Waals surface area contributed by atoms with Crippen molar-refractivity contribution in [2.75, 3.05) is 12.0 Å². The van der Waals surface area contributed by atoms with Crippen molar-refractivity contribution < 1.29 is 9.53 Å². The molecule has 1 amide bonds. The molecule has 116 valence electrons. The molecule has 0 aliphatic carbocycles. The molecule has 2 aromatic carbocycles. The zero-order valence-electron chi connectivity index (χ0n) is 12.6. The Morgan fingerprint density at radius 2 is 1.83 bits per heavy atom. The molecule has 0 bridgehead atoms. The lowest BCUT2D eigenvalue weighted by Gasteiger charge is -2.33. The summed E-state index contributed by atoms with van der Waals surface area (Å²) in [6, 6.07) is 17.2. The molecule has 1 aliphatic rings. The third-order valence-electron chi connectivity index (χ3n) is 4.17. The van der Waals surface area contributed by atoms with Gasteiger partial charge in [0.1, 0.15) is 5.75 Å². The van der Waals surface area contributed by atoms with Gasteiger partial charge in [-0.1, -0.05) is 28.1 Å². The van der Waals surface area contributed by atoms with Gasteiger partial charge in [0.15, 0.2) is 5.54 Å². The van der Waals surface area contributed by atoms with Gasteiger partial charge in [-0.3, -0.25) is 9.69 Å². The Kier molecular flexibility index (Phi) is 4.10. The van der Waals surface area contributed by atoms with Crippen LogP contribution in [0.25, 0.3) is 0 Å². The Balaban J connectivity index is 2.09. The number of halogens is 1. The molecule has 1 heterocycles. The number of anilines is 1. The number of benzene rings is 2. The summed E-state index contributed by atoms with van der Waals surface area (Å²) in [5.74, 6) is 0.672. The van der Waals surface area contributed by atoms with Gasteiger partial charge in [0, 0.05) is 16.6 Å². The van der Waals surface area contributed by atoms with Gasteiger partial charge in [-0.25, -0.2) is 0 Å². The number of ether oxygens (including phenoxy) is 1. The molecule has 5 heteroatoms. The lowest BCUT2D eigenvalue weighted by Crippen LogP contribution is -2.42. The van der Waals surface area contributed by atoms with Crippen LogP contribution in [-0.2, 0) is 10.3 Å². The monoisotopic (exact) mass is 370 g/mol.